The molecule has 2 N–H and O–H groups in total. The molecule has 1 aliphatic rings. The standard InChI is InChI=1S/C31H37NO8/c1-31(2)39-28(29(40-31)27(33)23-15-16-25(35-3)26(17-23)36-4)24(20-37-18-21-11-7-5-8-12-21)32-30(34)38-19-22-13-9-6-10-14-22/h5-17,24,27-29,33H,18-20H2,1-4H3,(H,32,34)/t24-,27?,28-,29-/m1/s1. The van der Waals surface area contributed by atoms with E-state index in [1.165, 1.54) is 7.11 Å². The summed E-state index contributed by atoms with van der Waals surface area (Å²) in [5, 5.41) is 14.3. The highest BCUT2D eigenvalue weighted by Gasteiger charge is 2.49. The number of rotatable bonds is 12. The Bertz CT molecular complexity index is 1220. The molecule has 1 heterocycles. The lowest BCUT2D eigenvalue weighted by Gasteiger charge is -2.29. The molecule has 1 aliphatic heterocycles. The predicted molar refractivity (Wildman–Crippen MR) is 148 cm³/mol. The Morgan fingerprint density at radius 2 is 1.48 bits per heavy atom. The van der Waals surface area contributed by atoms with Gasteiger partial charge < -0.3 is 38.8 Å². The quantitative estimate of drug-likeness (QED) is 0.332. The van der Waals surface area contributed by atoms with Crippen LogP contribution in [0.3, 0.4) is 0 Å². The highest BCUT2D eigenvalue weighted by Crippen LogP contribution is 2.39. The average molecular weight is 552 g/mol. The molecule has 1 fully saturated rings. The summed E-state index contributed by atoms with van der Waals surface area (Å²) in [6.07, 6.45) is -3.35. The second-order valence-corrected chi connectivity index (χ2v) is 9.94. The molecule has 3 aromatic rings. The summed E-state index contributed by atoms with van der Waals surface area (Å²) in [5.41, 5.74) is 2.39. The summed E-state index contributed by atoms with van der Waals surface area (Å²) >= 11 is 0. The number of ether oxygens (including phenoxy) is 6. The Kier molecular flexibility index (Phi) is 10.0. The van der Waals surface area contributed by atoms with E-state index >= 15 is 0 Å². The van der Waals surface area contributed by atoms with Crippen LogP contribution in [0.4, 0.5) is 4.79 Å². The maximum absolute atomic E-state index is 12.9. The second-order valence-electron chi connectivity index (χ2n) is 9.94. The number of benzene rings is 3. The third kappa shape index (κ3) is 7.73. The van der Waals surface area contributed by atoms with Gasteiger partial charge in [0, 0.05) is 0 Å². The van der Waals surface area contributed by atoms with Gasteiger partial charge in [-0.1, -0.05) is 66.7 Å². The minimum atomic E-state index is -1.11. The third-order valence-corrected chi connectivity index (χ3v) is 6.55. The topological polar surface area (TPSA) is 105 Å². The van der Waals surface area contributed by atoms with Gasteiger partial charge in [0.25, 0.3) is 0 Å². The molecule has 0 aromatic heterocycles. The van der Waals surface area contributed by atoms with E-state index < -0.39 is 36.2 Å². The summed E-state index contributed by atoms with van der Waals surface area (Å²) in [4.78, 5) is 12.9. The highest BCUT2D eigenvalue weighted by atomic mass is 16.8. The van der Waals surface area contributed by atoms with Gasteiger partial charge in [0.1, 0.15) is 24.9 Å². The molecule has 1 saturated heterocycles. The lowest BCUT2D eigenvalue weighted by Crippen LogP contribution is -2.51. The van der Waals surface area contributed by atoms with E-state index in [4.69, 9.17) is 28.4 Å². The van der Waals surface area contributed by atoms with Crippen molar-refractivity contribution < 1.29 is 38.3 Å². The van der Waals surface area contributed by atoms with Gasteiger partial charge in [0.05, 0.1) is 33.5 Å². The zero-order valence-electron chi connectivity index (χ0n) is 23.2. The molecule has 0 radical (unpaired) electrons. The van der Waals surface area contributed by atoms with Crippen LogP contribution in [-0.2, 0) is 32.2 Å². The van der Waals surface area contributed by atoms with E-state index in [1.807, 2.05) is 60.7 Å². The van der Waals surface area contributed by atoms with Crippen LogP contribution in [0, 0.1) is 0 Å². The largest absolute Gasteiger partial charge is 0.493 e. The van der Waals surface area contributed by atoms with Gasteiger partial charge in [0.2, 0.25) is 0 Å². The number of carbonyl (C=O) groups excluding carboxylic acids is 1. The Morgan fingerprint density at radius 3 is 2.10 bits per heavy atom. The number of alkyl carbamates (subject to hydrolysis) is 1. The van der Waals surface area contributed by atoms with Crippen LogP contribution in [0.25, 0.3) is 0 Å². The maximum atomic E-state index is 12.9. The van der Waals surface area contributed by atoms with Crippen LogP contribution < -0.4 is 14.8 Å². The molecule has 0 aliphatic carbocycles. The van der Waals surface area contributed by atoms with Crippen LogP contribution >= 0.6 is 0 Å². The number of carbonyl (C=O) groups is 1. The van der Waals surface area contributed by atoms with Crippen molar-refractivity contribution in [3.63, 3.8) is 0 Å². The summed E-state index contributed by atoms with van der Waals surface area (Å²) in [7, 11) is 3.07. The number of amides is 1. The zero-order chi connectivity index (χ0) is 28.5. The second kappa shape index (κ2) is 13.6. The van der Waals surface area contributed by atoms with Crippen LogP contribution in [0.2, 0.25) is 0 Å². The minimum absolute atomic E-state index is 0.0919. The number of aliphatic hydroxyl groups excluding tert-OH is 1. The first-order chi connectivity index (χ1) is 19.3. The zero-order valence-corrected chi connectivity index (χ0v) is 23.2. The average Bonchev–Trinajstić information content (AvgIpc) is 3.31. The van der Waals surface area contributed by atoms with Crippen LogP contribution in [0.1, 0.15) is 36.6 Å². The molecule has 9 nitrogen and oxygen atoms in total. The molecule has 214 valence electrons. The van der Waals surface area contributed by atoms with Crippen LogP contribution in [-0.4, -0.2) is 56.1 Å². The molecule has 0 spiro atoms. The molecular formula is C31H37NO8. The smallest absolute Gasteiger partial charge is 0.407 e. The van der Waals surface area contributed by atoms with Gasteiger partial charge in [0.15, 0.2) is 17.3 Å². The number of hydrogen-bond acceptors (Lipinski definition) is 8. The molecular weight excluding hydrogens is 514 g/mol. The van der Waals surface area contributed by atoms with E-state index in [2.05, 4.69) is 5.32 Å². The van der Waals surface area contributed by atoms with Gasteiger partial charge in [-0.15, -0.1) is 0 Å². The van der Waals surface area contributed by atoms with Crippen molar-refractivity contribution in [2.24, 2.45) is 0 Å². The Morgan fingerprint density at radius 1 is 0.875 bits per heavy atom. The van der Waals surface area contributed by atoms with E-state index in [0.717, 1.165) is 11.1 Å². The van der Waals surface area contributed by atoms with Gasteiger partial charge >= 0.3 is 6.09 Å². The third-order valence-electron chi connectivity index (χ3n) is 6.55. The summed E-state index contributed by atoms with van der Waals surface area (Å²) < 4.78 is 34.6. The van der Waals surface area contributed by atoms with Gasteiger partial charge in [-0.3, -0.25) is 0 Å². The fourth-order valence-corrected chi connectivity index (χ4v) is 4.61. The monoisotopic (exact) mass is 551 g/mol. The Labute approximate surface area is 234 Å². The molecule has 40 heavy (non-hydrogen) atoms. The fraction of sp³-hybridized carbons (Fsp3) is 0.387. The van der Waals surface area contributed by atoms with Gasteiger partial charge in [-0.25, -0.2) is 4.79 Å². The molecule has 3 aromatic carbocycles. The Hall–Kier alpha value is -3.63. The molecule has 9 heteroatoms. The predicted octanol–water partition coefficient (Wildman–Crippen LogP) is 4.77. The van der Waals surface area contributed by atoms with Crippen molar-refractivity contribution in [1.29, 1.82) is 0 Å². The van der Waals surface area contributed by atoms with E-state index in [1.54, 1.807) is 39.2 Å². The number of aliphatic hydroxyl groups is 1. The highest BCUT2D eigenvalue weighted by molar-refractivity contribution is 5.67. The minimum Gasteiger partial charge on any atom is -0.493 e. The van der Waals surface area contributed by atoms with E-state index in [0.29, 0.717) is 23.7 Å². The lowest BCUT2D eigenvalue weighted by atomic mass is 9.96. The van der Waals surface area contributed by atoms with Crippen molar-refractivity contribution >= 4 is 6.09 Å². The van der Waals surface area contributed by atoms with Crippen molar-refractivity contribution in [1.82, 2.24) is 5.32 Å². The van der Waals surface area contributed by atoms with Crippen molar-refractivity contribution in [3.05, 3.63) is 95.6 Å². The van der Waals surface area contributed by atoms with Crippen molar-refractivity contribution in [2.45, 2.75) is 57.2 Å². The summed E-state index contributed by atoms with van der Waals surface area (Å²) in [6.45, 7) is 4.05. The Balaban J connectivity index is 1.53. The fourth-order valence-electron chi connectivity index (χ4n) is 4.61. The molecule has 0 bridgehead atoms. The first kappa shape index (κ1) is 29.4. The summed E-state index contributed by atoms with van der Waals surface area (Å²) in [5.74, 6) is -0.0201. The van der Waals surface area contributed by atoms with E-state index in [9.17, 15) is 9.90 Å². The lowest BCUT2D eigenvalue weighted by molar-refractivity contribution is -0.157. The van der Waals surface area contributed by atoms with Crippen LogP contribution in [0.15, 0.2) is 78.9 Å². The normalized spacial score (nSPS) is 19.4. The number of methoxy groups -OCH3 is 2. The molecule has 1 amide bonds. The number of hydrogen-bond donors (Lipinski definition) is 2. The number of nitrogens with one attached hydrogen (secondary N) is 1. The molecule has 0 saturated carbocycles. The van der Waals surface area contributed by atoms with E-state index in [-0.39, 0.29) is 13.2 Å². The maximum Gasteiger partial charge on any atom is 0.407 e. The molecule has 4 rings (SSSR count). The van der Waals surface area contributed by atoms with Crippen molar-refractivity contribution in [3.8, 4) is 11.5 Å². The van der Waals surface area contributed by atoms with Crippen molar-refractivity contribution in [2.75, 3.05) is 20.8 Å². The van der Waals surface area contributed by atoms with Gasteiger partial charge in [-0.2, -0.15) is 0 Å². The first-order valence-corrected chi connectivity index (χ1v) is 13.1. The van der Waals surface area contributed by atoms with Gasteiger partial charge in [-0.05, 0) is 42.7 Å². The first-order valence-electron chi connectivity index (χ1n) is 13.1. The molecule has 1 unspecified atom stereocenters. The van der Waals surface area contributed by atoms with Crippen LogP contribution in [0.5, 0.6) is 11.5 Å². The molecule has 4 atom stereocenters. The SMILES string of the molecule is COc1ccc(C(O)[C@H]2OC(C)(C)O[C@@H]2[C@@H](COCc2ccccc2)NC(=O)OCc2ccccc2)cc1OC. The summed E-state index contributed by atoms with van der Waals surface area (Å²) in [6, 6.07) is 23.6.